The fourth-order valence-corrected chi connectivity index (χ4v) is 2.45. The van der Waals surface area contributed by atoms with E-state index in [1.807, 2.05) is 0 Å². The van der Waals surface area contributed by atoms with E-state index < -0.39 is 0 Å². The van der Waals surface area contributed by atoms with Gasteiger partial charge in [-0.1, -0.05) is 18.2 Å². The number of aromatic nitrogens is 1. The van der Waals surface area contributed by atoms with Gasteiger partial charge in [0.1, 0.15) is 0 Å². The Morgan fingerprint density at radius 3 is 2.67 bits per heavy atom. The van der Waals surface area contributed by atoms with Crippen molar-refractivity contribution < 1.29 is 0 Å². The molecule has 1 saturated heterocycles. The Balaban J connectivity index is 2.02. The van der Waals surface area contributed by atoms with Gasteiger partial charge in [0.05, 0.1) is 5.69 Å². The second-order valence-corrected chi connectivity index (χ2v) is 4.27. The van der Waals surface area contributed by atoms with Gasteiger partial charge in [0, 0.05) is 30.2 Å². The van der Waals surface area contributed by atoms with E-state index in [1.165, 1.54) is 48.9 Å². The number of hydrogen-bond donors (Lipinski definition) is 1. The van der Waals surface area contributed by atoms with Crippen LogP contribution in [0.15, 0.2) is 30.5 Å². The fourth-order valence-electron chi connectivity index (χ4n) is 2.45. The van der Waals surface area contributed by atoms with Gasteiger partial charge in [-0.05, 0) is 25.3 Å². The summed E-state index contributed by atoms with van der Waals surface area (Å²) in [6.07, 6.45) is 6.20. The molecule has 1 aliphatic heterocycles. The number of piperidine rings is 1. The molecule has 1 aromatic heterocycles. The van der Waals surface area contributed by atoms with Crippen LogP contribution in [0.2, 0.25) is 0 Å². The van der Waals surface area contributed by atoms with Crippen LogP contribution in [0.4, 0.5) is 5.69 Å². The van der Waals surface area contributed by atoms with Gasteiger partial charge in [0.2, 0.25) is 0 Å². The Morgan fingerprint density at radius 2 is 1.80 bits per heavy atom. The van der Waals surface area contributed by atoms with Crippen molar-refractivity contribution in [2.75, 3.05) is 18.0 Å². The standard InChI is InChI=1S/C13H16N2/c1-4-8-15(9-5-1)13-10-14-12-7-3-2-6-11(12)13/h2-3,6-7,10,14H,1,4-5,8-9H2. The molecular formula is C13H16N2. The Labute approximate surface area is 89.9 Å². The number of para-hydroxylation sites is 1. The molecule has 78 valence electrons. The van der Waals surface area contributed by atoms with Crippen LogP contribution < -0.4 is 4.90 Å². The molecule has 0 bridgehead atoms. The number of nitrogens with zero attached hydrogens (tertiary/aromatic N) is 1. The summed E-state index contributed by atoms with van der Waals surface area (Å²) in [5.74, 6) is 0. The van der Waals surface area contributed by atoms with E-state index in [0.717, 1.165) is 0 Å². The van der Waals surface area contributed by atoms with E-state index >= 15 is 0 Å². The van der Waals surface area contributed by atoms with E-state index in [9.17, 15) is 0 Å². The predicted molar refractivity (Wildman–Crippen MR) is 64.4 cm³/mol. The van der Waals surface area contributed by atoms with Crippen molar-refractivity contribution in [1.29, 1.82) is 0 Å². The lowest BCUT2D eigenvalue weighted by Crippen LogP contribution is -2.29. The first-order valence-electron chi connectivity index (χ1n) is 5.76. The van der Waals surface area contributed by atoms with Gasteiger partial charge < -0.3 is 9.88 Å². The quantitative estimate of drug-likeness (QED) is 0.749. The second kappa shape index (κ2) is 3.61. The molecule has 2 nitrogen and oxygen atoms in total. The number of H-pyrrole nitrogens is 1. The van der Waals surface area contributed by atoms with E-state index in [-0.39, 0.29) is 0 Å². The van der Waals surface area contributed by atoms with Crippen LogP contribution in [0.25, 0.3) is 10.9 Å². The van der Waals surface area contributed by atoms with E-state index in [1.54, 1.807) is 0 Å². The normalized spacial score (nSPS) is 17.2. The molecule has 1 N–H and O–H groups in total. The molecule has 15 heavy (non-hydrogen) atoms. The summed E-state index contributed by atoms with van der Waals surface area (Å²) in [6.45, 7) is 2.42. The van der Waals surface area contributed by atoms with Crippen molar-refractivity contribution in [3.63, 3.8) is 0 Å². The number of fused-ring (bicyclic) bond motifs is 1. The second-order valence-electron chi connectivity index (χ2n) is 4.27. The lowest BCUT2D eigenvalue weighted by molar-refractivity contribution is 0.579. The zero-order chi connectivity index (χ0) is 10.1. The predicted octanol–water partition coefficient (Wildman–Crippen LogP) is 3.16. The summed E-state index contributed by atoms with van der Waals surface area (Å²) < 4.78 is 0. The Bertz CT molecular complexity index is 452. The number of benzene rings is 1. The summed E-state index contributed by atoms with van der Waals surface area (Å²) in [7, 11) is 0. The Kier molecular flexibility index (Phi) is 2.13. The maximum Gasteiger partial charge on any atom is 0.0623 e. The number of hydrogen-bond acceptors (Lipinski definition) is 1. The van der Waals surface area contributed by atoms with E-state index in [2.05, 4.69) is 40.3 Å². The number of nitrogens with one attached hydrogen (secondary N) is 1. The van der Waals surface area contributed by atoms with Crippen LogP contribution >= 0.6 is 0 Å². The SMILES string of the molecule is c1ccc2c(N3CCCCC3)c[nH]c2c1. The first-order chi connectivity index (χ1) is 7.45. The minimum absolute atomic E-state index is 1.21. The highest BCUT2D eigenvalue weighted by Gasteiger charge is 2.13. The molecule has 2 heteroatoms. The highest BCUT2D eigenvalue weighted by Crippen LogP contribution is 2.28. The molecule has 1 fully saturated rings. The fraction of sp³-hybridized carbons (Fsp3) is 0.385. The van der Waals surface area contributed by atoms with Crippen molar-refractivity contribution >= 4 is 16.6 Å². The van der Waals surface area contributed by atoms with Crippen LogP contribution in [-0.4, -0.2) is 18.1 Å². The topological polar surface area (TPSA) is 19.0 Å². The van der Waals surface area contributed by atoms with Crippen LogP contribution in [0.5, 0.6) is 0 Å². The first kappa shape index (κ1) is 8.84. The molecule has 0 saturated carbocycles. The average molecular weight is 200 g/mol. The molecule has 0 amide bonds. The van der Waals surface area contributed by atoms with E-state index in [0.29, 0.717) is 0 Å². The van der Waals surface area contributed by atoms with Gasteiger partial charge in [-0.2, -0.15) is 0 Å². The third-order valence-electron chi connectivity index (χ3n) is 3.26. The minimum Gasteiger partial charge on any atom is -0.370 e. The summed E-state index contributed by atoms with van der Waals surface area (Å²) >= 11 is 0. The Morgan fingerprint density at radius 1 is 1.00 bits per heavy atom. The zero-order valence-corrected chi connectivity index (χ0v) is 8.87. The summed E-state index contributed by atoms with van der Waals surface area (Å²) in [5, 5.41) is 1.36. The largest absolute Gasteiger partial charge is 0.370 e. The lowest BCUT2D eigenvalue weighted by atomic mass is 10.1. The van der Waals surface area contributed by atoms with Crippen LogP contribution in [0.1, 0.15) is 19.3 Å². The van der Waals surface area contributed by atoms with Crippen molar-refractivity contribution in [2.24, 2.45) is 0 Å². The van der Waals surface area contributed by atoms with Crippen molar-refractivity contribution in [3.8, 4) is 0 Å². The van der Waals surface area contributed by atoms with Gasteiger partial charge >= 0.3 is 0 Å². The summed E-state index contributed by atoms with van der Waals surface area (Å²) in [4.78, 5) is 5.85. The van der Waals surface area contributed by atoms with Crippen molar-refractivity contribution in [3.05, 3.63) is 30.5 Å². The molecule has 0 atom stereocenters. The number of anilines is 1. The van der Waals surface area contributed by atoms with Crippen LogP contribution in [0.3, 0.4) is 0 Å². The molecule has 0 unspecified atom stereocenters. The molecular weight excluding hydrogens is 184 g/mol. The third kappa shape index (κ3) is 1.50. The van der Waals surface area contributed by atoms with Gasteiger partial charge in [0.15, 0.2) is 0 Å². The van der Waals surface area contributed by atoms with Gasteiger partial charge in [-0.3, -0.25) is 0 Å². The molecule has 1 aliphatic rings. The number of rotatable bonds is 1. The zero-order valence-electron chi connectivity index (χ0n) is 8.87. The molecule has 1 aromatic carbocycles. The monoisotopic (exact) mass is 200 g/mol. The first-order valence-corrected chi connectivity index (χ1v) is 5.76. The molecule has 0 spiro atoms. The maximum absolute atomic E-state index is 3.34. The molecule has 0 aliphatic carbocycles. The number of aromatic amines is 1. The molecule has 2 aromatic rings. The highest BCUT2D eigenvalue weighted by atomic mass is 15.1. The molecule has 3 rings (SSSR count). The van der Waals surface area contributed by atoms with Gasteiger partial charge in [-0.15, -0.1) is 0 Å². The Hall–Kier alpha value is -1.44. The summed E-state index contributed by atoms with van der Waals surface area (Å²) in [6, 6.07) is 8.54. The molecule has 0 radical (unpaired) electrons. The lowest BCUT2D eigenvalue weighted by Gasteiger charge is -2.28. The van der Waals surface area contributed by atoms with E-state index in [4.69, 9.17) is 0 Å². The maximum atomic E-state index is 3.34. The van der Waals surface area contributed by atoms with Crippen LogP contribution in [-0.2, 0) is 0 Å². The smallest absolute Gasteiger partial charge is 0.0623 e. The molecule has 2 heterocycles. The van der Waals surface area contributed by atoms with Gasteiger partial charge in [-0.25, -0.2) is 0 Å². The van der Waals surface area contributed by atoms with Gasteiger partial charge in [0.25, 0.3) is 0 Å². The summed E-state index contributed by atoms with van der Waals surface area (Å²) in [5.41, 5.74) is 2.63. The van der Waals surface area contributed by atoms with Crippen molar-refractivity contribution in [2.45, 2.75) is 19.3 Å². The third-order valence-corrected chi connectivity index (χ3v) is 3.26. The van der Waals surface area contributed by atoms with Crippen molar-refractivity contribution in [1.82, 2.24) is 4.98 Å². The average Bonchev–Trinajstić information content (AvgIpc) is 2.74. The van der Waals surface area contributed by atoms with Crippen LogP contribution in [0, 0.1) is 0 Å². The highest BCUT2D eigenvalue weighted by molar-refractivity contribution is 5.92. The minimum atomic E-state index is 1.21.